The molecule has 0 bridgehead atoms. The van der Waals surface area contributed by atoms with Gasteiger partial charge >= 0.3 is 5.97 Å². The Morgan fingerprint density at radius 2 is 1.86 bits per heavy atom. The van der Waals surface area contributed by atoms with Crippen LogP contribution in [0.5, 0.6) is 5.75 Å². The number of aliphatic carboxylic acids is 1. The molecule has 2 aromatic heterocycles. The van der Waals surface area contributed by atoms with Crippen molar-refractivity contribution >= 4 is 39.9 Å². The number of fused-ring (bicyclic) bond motifs is 3. The molecule has 3 N–H and O–H groups in total. The van der Waals surface area contributed by atoms with Crippen LogP contribution in [0.4, 0.5) is 0 Å². The average molecular weight is 397 g/mol. The molecule has 0 saturated carbocycles. The van der Waals surface area contributed by atoms with Crippen LogP contribution in [-0.2, 0) is 4.79 Å². The Bertz CT molecular complexity index is 1250. The number of carboxylic acid groups (broad SMARTS) is 1. The van der Waals surface area contributed by atoms with Crippen molar-refractivity contribution in [2.24, 2.45) is 0 Å². The van der Waals surface area contributed by atoms with Crippen molar-refractivity contribution in [1.82, 2.24) is 19.9 Å². The highest BCUT2D eigenvalue weighted by Gasteiger charge is 2.23. The Kier molecular flexibility index (Phi) is 4.32. The van der Waals surface area contributed by atoms with Gasteiger partial charge in [-0.1, -0.05) is 48.0 Å². The lowest BCUT2D eigenvalue weighted by atomic mass is 9.98. The van der Waals surface area contributed by atoms with E-state index in [1.54, 1.807) is 18.2 Å². The molecule has 2 heterocycles. The first kappa shape index (κ1) is 17.7. The molecule has 2 aromatic carbocycles. The standard InChI is InChI=1S/C19H13ClN4O4/c20-13-7-2-1-4-10(13)11-5-3-6-12-15(11)18-22-9-23-24(18)16(17(12)27)19(28)21-8-14(25)26/h1-7,9,27H,8H2,(H,21,28)(H,25,26). The van der Waals surface area contributed by atoms with Crippen molar-refractivity contribution in [2.45, 2.75) is 0 Å². The summed E-state index contributed by atoms with van der Waals surface area (Å²) in [6.45, 7) is -0.591. The highest BCUT2D eigenvalue weighted by molar-refractivity contribution is 6.34. The molecule has 0 saturated heterocycles. The number of carboxylic acids is 1. The fourth-order valence-electron chi connectivity index (χ4n) is 3.14. The highest BCUT2D eigenvalue weighted by Crippen LogP contribution is 2.39. The largest absolute Gasteiger partial charge is 0.505 e. The third-order valence-corrected chi connectivity index (χ3v) is 4.64. The number of hydrogen-bond donors (Lipinski definition) is 3. The average Bonchev–Trinajstić information content (AvgIpc) is 3.16. The summed E-state index contributed by atoms with van der Waals surface area (Å²) < 4.78 is 1.19. The van der Waals surface area contributed by atoms with Gasteiger partial charge < -0.3 is 15.5 Å². The van der Waals surface area contributed by atoms with Crippen molar-refractivity contribution in [3.05, 3.63) is 59.5 Å². The van der Waals surface area contributed by atoms with Crippen LogP contribution in [0, 0.1) is 0 Å². The summed E-state index contributed by atoms with van der Waals surface area (Å²) in [5.74, 6) is -2.31. The Hall–Kier alpha value is -3.65. The molecule has 0 radical (unpaired) electrons. The number of aromatic nitrogens is 3. The molecule has 9 heteroatoms. The Balaban J connectivity index is 2.03. The fourth-order valence-corrected chi connectivity index (χ4v) is 3.38. The van der Waals surface area contributed by atoms with Crippen molar-refractivity contribution in [3.63, 3.8) is 0 Å². The van der Waals surface area contributed by atoms with Gasteiger partial charge in [-0.15, -0.1) is 0 Å². The number of halogens is 1. The molecular weight excluding hydrogens is 384 g/mol. The number of nitrogens with zero attached hydrogens (tertiary/aromatic N) is 3. The van der Waals surface area contributed by atoms with E-state index in [2.05, 4.69) is 15.4 Å². The maximum absolute atomic E-state index is 12.5. The number of hydrogen-bond acceptors (Lipinski definition) is 5. The van der Waals surface area contributed by atoms with Crippen LogP contribution in [0.2, 0.25) is 5.02 Å². The van der Waals surface area contributed by atoms with Gasteiger partial charge in [-0.3, -0.25) is 9.59 Å². The zero-order chi connectivity index (χ0) is 19.8. The lowest BCUT2D eigenvalue weighted by molar-refractivity contribution is -0.135. The van der Waals surface area contributed by atoms with E-state index < -0.39 is 18.4 Å². The van der Waals surface area contributed by atoms with Crippen molar-refractivity contribution < 1.29 is 19.8 Å². The van der Waals surface area contributed by atoms with Crippen LogP contribution in [0.15, 0.2) is 48.8 Å². The number of rotatable bonds is 4. The summed E-state index contributed by atoms with van der Waals surface area (Å²) in [6, 6.07) is 12.5. The molecule has 0 unspecified atom stereocenters. The minimum Gasteiger partial charge on any atom is -0.505 e. The maximum atomic E-state index is 12.5. The molecule has 0 aliphatic heterocycles. The Morgan fingerprint density at radius 1 is 1.11 bits per heavy atom. The van der Waals surface area contributed by atoms with Crippen LogP contribution >= 0.6 is 11.6 Å². The van der Waals surface area contributed by atoms with Gasteiger partial charge in [0.15, 0.2) is 17.1 Å². The van der Waals surface area contributed by atoms with Crippen LogP contribution in [0.25, 0.3) is 27.5 Å². The minimum absolute atomic E-state index is 0.197. The molecule has 0 aliphatic carbocycles. The second-order valence-electron chi connectivity index (χ2n) is 5.98. The van der Waals surface area contributed by atoms with E-state index in [1.165, 1.54) is 10.8 Å². The lowest BCUT2D eigenvalue weighted by Crippen LogP contribution is -2.31. The van der Waals surface area contributed by atoms with Crippen molar-refractivity contribution in [1.29, 1.82) is 0 Å². The van der Waals surface area contributed by atoms with Gasteiger partial charge in [0.1, 0.15) is 12.9 Å². The Labute approximate surface area is 163 Å². The predicted octanol–water partition coefficient (Wildman–Crippen LogP) is 2.72. The van der Waals surface area contributed by atoms with E-state index >= 15 is 0 Å². The van der Waals surface area contributed by atoms with Gasteiger partial charge in [0.05, 0.1) is 0 Å². The zero-order valence-corrected chi connectivity index (χ0v) is 15.0. The molecule has 0 atom stereocenters. The van der Waals surface area contributed by atoms with Crippen LogP contribution in [0.1, 0.15) is 10.5 Å². The van der Waals surface area contributed by atoms with Crippen molar-refractivity contribution in [3.8, 4) is 16.9 Å². The third-order valence-electron chi connectivity index (χ3n) is 4.31. The maximum Gasteiger partial charge on any atom is 0.322 e. The number of aromatic hydroxyl groups is 1. The summed E-state index contributed by atoms with van der Waals surface area (Å²) >= 11 is 6.35. The van der Waals surface area contributed by atoms with Gasteiger partial charge in [0.25, 0.3) is 5.91 Å². The van der Waals surface area contributed by atoms with E-state index in [1.807, 2.05) is 24.3 Å². The molecule has 0 aliphatic rings. The first-order valence-electron chi connectivity index (χ1n) is 8.21. The van der Waals surface area contributed by atoms with E-state index in [4.69, 9.17) is 16.7 Å². The smallest absolute Gasteiger partial charge is 0.322 e. The topological polar surface area (TPSA) is 117 Å². The molecule has 28 heavy (non-hydrogen) atoms. The van der Waals surface area contributed by atoms with Gasteiger partial charge in [0, 0.05) is 21.4 Å². The van der Waals surface area contributed by atoms with Crippen LogP contribution in [0.3, 0.4) is 0 Å². The summed E-state index contributed by atoms with van der Waals surface area (Å²) in [5.41, 5.74) is 1.59. The number of pyridine rings is 1. The van der Waals surface area contributed by atoms with Gasteiger partial charge in [0.2, 0.25) is 0 Å². The number of nitrogens with one attached hydrogen (secondary N) is 1. The zero-order valence-electron chi connectivity index (χ0n) is 14.3. The van der Waals surface area contributed by atoms with Crippen LogP contribution < -0.4 is 5.32 Å². The molecule has 0 fully saturated rings. The summed E-state index contributed by atoms with van der Waals surface area (Å²) in [5, 5.41) is 27.3. The van der Waals surface area contributed by atoms with E-state index in [0.717, 1.165) is 5.56 Å². The quantitative estimate of drug-likeness (QED) is 0.488. The van der Waals surface area contributed by atoms with Gasteiger partial charge in [-0.05, 0) is 11.6 Å². The third kappa shape index (κ3) is 2.80. The summed E-state index contributed by atoms with van der Waals surface area (Å²) in [6.07, 6.45) is 1.26. The lowest BCUT2D eigenvalue weighted by Gasteiger charge is -2.14. The molecule has 8 nitrogen and oxygen atoms in total. The Morgan fingerprint density at radius 3 is 2.61 bits per heavy atom. The molecule has 4 rings (SSSR count). The first-order valence-corrected chi connectivity index (χ1v) is 8.59. The molecular formula is C19H13ClN4O4. The molecule has 1 amide bonds. The van der Waals surface area contributed by atoms with E-state index in [9.17, 15) is 14.7 Å². The number of carbonyl (C=O) groups excluding carboxylic acids is 1. The number of amides is 1. The molecule has 4 aromatic rings. The minimum atomic E-state index is -1.20. The SMILES string of the molecule is O=C(O)CNC(=O)c1c(O)c2cccc(-c3ccccc3Cl)c2c2ncnn12. The van der Waals surface area contributed by atoms with Crippen molar-refractivity contribution in [2.75, 3.05) is 6.54 Å². The predicted molar refractivity (Wildman–Crippen MR) is 103 cm³/mol. The van der Waals surface area contributed by atoms with E-state index in [0.29, 0.717) is 27.0 Å². The normalized spacial score (nSPS) is 11.0. The van der Waals surface area contributed by atoms with Crippen LogP contribution in [-0.4, -0.2) is 43.2 Å². The first-order chi connectivity index (χ1) is 13.5. The highest BCUT2D eigenvalue weighted by atomic mass is 35.5. The number of benzene rings is 2. The van der Waals surface area contributed by atoms with Gasteiger partial charge in [-0.2, -0.15) is 5.10 Å². The second kappa shape index (κ2) is 6.82. The molecule has 140 valence electrons. The molecule has 0 spiro atoms. The fraction of sp³-hybridized carbons (Fsp3) is 0.0526. The van der Waals surface area contributed by atoms with Gasteiger partial charge in [-0.25, -0.2) is 9.50 Å². The number of carbonyl (C=O) groups is 2. The monoisotopic (exact) mass is 396 g/mol. The second-order valence-corrected chi connectivity index (χ2v) is 6.38. The summed E-state index contributed by atoms with van der Waals surface area (Å²) in [7, 11) is 0. The van der Waals surface area contributed by atoms with E-state index in [-0.39, 0.29) is 11.4 Å². The summed E-state index contributed by atoms with van der Waals surface area (Å²) in [4.78, 5) is 27.5.